The fourth-order valence-electron chi connectivity index (χ4n) is 5.94. The predicted octanol–water partition coefficient (Wildman–Crippen LogP) is 9.69. The van der Waals surface area contributed by atoms with Gasteiger partial charge in [0, 0.05) is 71.5 Å². The van der Waals surface area contributed by atoms with Crippen molar-refractivity contribution in [1.82, 2.24) is 0 Å². The highest BCUT2D eigenvalue weighted by Gasteiger charge is 2.37. The zero-order valence-corrected chi connectivity index (χ0v) is 43.0. The summed E-state index contributed by atoms with van der Waals surface area (Å²) >= 11 is 0. The molecule has 1 unspecified atom stereocenters. The van der Waals surface area contributed by atoms with Gasteiger partial charge in [-0.3, -0.25) is 19.0 Å². The van der Waals surface area contributed by atoms with Crippen molar-refractivity contribution in [3.8, 4) is 5.75 Å². The molecule has 1 atom stereocenters. The van der Waals surface area contributed by atoms with Crippen LogP contribution in [0.5, 0.6) is 5.75 Å². The molecule has 0 aliphatic carbocycles. The quantitative estimate of drug-likeness (QED) is 0.0215. The molecule has 1 aromatic carbocycles. The van der Waals surface area contributed by atoms with Crippen LogP contribution in [0.2, 0.25) is 0 Å². The monoisotopic (exact) mass is 1000 g/mol. The first-order chi connectivity index (χ1) is 34.7. The van der Waals surface area contributed by atoms with E-state index in [0.717, 1.165) is 82.6 Å². The van der Waals surface area contributed by atoms with Gasteiger partial charge in [-0.2, -0.15) is 0 Å². The van der Waals surface area contributed by atoms with E-state index >= 15 is 0 Å². The average molecular weight is 1000 g/mol. The third kappa shape index (κ3) is 41.0. The lowest BCUT2D eigenvalue weighted by atomic mass is 10.1. The lowest BCUT2D eigenvalue weighted by Crippen LogP contribution is -2.45. The molecule has 0 radical (unpaired) electrons. The highest BCUT2D eigenvalue weighted by atomic mass is 17.0. The molecule has 0 aromatic heterocycles. The fraction of sp³-hybridized carbons (Fsp3) is 0.607. The first-order valence-electron chi connectivity index (χ1n) is 25.4. The lowest BCUT2D eigenvalue weighted by molar-refractivity contribution is -0.463. The molecule has 0 aliphatic heterocycles. The van der Waals surface area contributed by atoms with Crippen LogP contribution in [0.4, 0.5) is 0 Å². The van der Waals surface area contributed by atoms with Crippen molar-refractivity contribution >= 4 is 11.9 Å². The number of benzene rings is 1. The number of allylic oxidation sites excluding steroid dienone is 3. The second-order valence-corrected chi connectivity index (χ2v) is 16.3. The van der Waals surface area contributed by atoms with Crippen molar-refractivity contribution in [3.63, 3.8) is 0 Å². The van der Waals surface area contributed by atoms with E-state index in [4.69, 9.17) is 56.8 Å². The van der Waals surface area contributed by atoms with Gasteiger partial charge < -0.3 is 47.7 Å². The Bertz CT molecular complexity index is 1470. The second kappa shape index (κ2) is 48.0. The van der Waals surface area contributed by atoms with Gasteiger partial charge in [-0.05, 0) is 108 Å². The largest absolute Gasteiger partial charge is 0.463 e. The number of aliphatic hydroxyl groups excluding tert-OH is 1. The van der Waals surface area contributed by atoms with Crippen LogP contribution >= 0.6 is 0 Å². The average Bonchev–Trinajstić information content (AvgIpc) is 3.37. The van der Waals surface area contributed by atoms with Crippen molar-refractivity contribution < 1.29 is 71.5 Å². The summed E-state index contributed by atoms with van der Waals surface area (Å²) in [6, 6.07) is 7.19. The molecule has 0 heterocycles. The van der Waals surface area contributed by atoms with Crippen molar-refractivity contribution in [3.05, 3.63) is 116 Å². The van der Waals surface area contributed by atoms with Crippen LogP contribution in [0, 0.1) is 0 Å². The van der Waals surface area contributed by atoms with Gasteiger partial charge in [0.1, 0.15) is 25.1 Å². The molecule has 0 amide bonds. The zero-order chi connectivity index (χ0) is 51.6. The third-order valence-corrected chi connectivity index (χ3v) is 9.71. The minimum Gasteiger partial charge on any atom is -0.463 e. The van der Waals surface area contributed by atoms with Gasteiger partial charge in [-0.25, -0.2) is 4.79 Å². The maximum absolute atomic E-state index is 12.5. The molecule has 1 aromatic rings. The molecule has 1 N–H and O–H groups in total. The number of hydrogen-bond acceptors (Lipinski definition) is 15. The van der Waals surface area contributed by atoms with Crippen LogP contribution in [0.1, 0.15) is 96.0 Å². The Hall–Kier alpha value is -4.26. The van der Waals surface area contributed by atoms with Gasteiger partial charge in [0.15, 0.2) is 0 Å². The first kappa shape index (κ1) is 64.8. The molecule has 0 bridgehead atoms. The van der Waals surface area contributed by atoms with Gasteiger partial charge in [-0.15, -0.1) is 19.7 Å². The Kier molecular flexibility index (Phi) is 43.8. The van der Waals surface area contributed by atoms with Crippen LogP contribution in [-0.2, 0) is 68.1 Å². The summed E-state index contributed by atoms with van der Waals surface area (Å²) < 4.78 is 68.9. The number of rotatable bonds is 52. The van der Waals surface area contributed by atoms with E-state index in [1.54, 1.807) is 30.4 Å². The van der Waals surface area contributed by atoms with E-state index in [0.29, 0.717) is 91.5 Å². The number of carbonyl (C=O) groups is 2. The Balaban J connectivity index is 2.96. The Morgan fingerprint density at radius 2 is 0.930 bits per heavy atom. The van der Waals surface area contributed by atoms with Crippen LogP contribution in [0.25, 0.3) is 0 Å². The number of carbonyl (C=O) groups excluding carboxylic acids is 2. The maximum Gasteiger partial charge on any atom is 0.461 e. The predicted molar refractivity (Wildman–Crippen MR) is 277 cm³/mol. The summed E-state index contributed by atoms with van der Waals surface area (Å²) in [4.78, 5) is 24.0. The number of unbranched alkanes of at least 4 members (excludes halogenated alkanes) is 6. The van der Waals surface area contributed by atoms with Crippen LogP contribution in [0.15, 0.2) is 111 Å². The molecule has 0 fully saturated rings. The van der Waals surface area contributed by atoms with Gasteiger partial charge in [0.25, 0.3) is 0 Å². The van der Waals surface area contributed by atoms with E-state index in [2.05, 4.69) is 44.5 Å². The van der Waals surface area contributed by atoms with Crippen molar-refractivity contribution in [1.29, 1.82) is 0 Å². The first-order valence-corrected chi connectivity index (χ1v) is 25.4. The Morgan fingerprint density at radius 1 is 0.535 bits per heavy atom. The molecule has 0 aliphatic rings. The minimum absolute atomic E-state index is 0.0688. The summed E-state index contributed by atoms with van der Waals surface area (Å²) in [5.74, 6) is -0.704. The van der Waals surface area contributed by atoms with Gasteiger partial charge in [-0.1, -0.05) is 73.4 Å². The Labute approximate surface area is 425 Å². The highest BCUT2D eigenvalue weighted by molar-refractivity contribution is 5.86. The molecule has 0 saturated carbocycles. The van der Waals surface area contributed by atoms with Crippen molar-refractivity contribution in [2.75, 3.05) is 112 Å². The Morgan fingerprint density at radius 3 is 1.34 bits per heavy atom. The number of hydrogen-bond donors (Lipinski definition) is 1. The van der Waals surface area contributed by atoms with E-state index < -0.39 is 24.2 Å². The summed E-state index contributed by atoms with van der Waals surface area (Å²) in [5, 5.41) is 10.0. The van der Waals surface area contributed by atoms with E-state index in [1.165, 1.54) is 6.92 Å². The number of ether oxygens (including phenoxy) is 12. The topological polar surface area (TPSA) is 165 Å². The van der Waals surface area contributed by atoms with Crippen LogP contribution < -0.4 is 4.74 Å². The molecule has 15 heteroatoms. The second-order valence-electron chi connectivity index (χ2n) is 16.3. The molecule has 402 valence electrons. The highest BCUT2D eigenvalue weighted by Crippen LogP contribution is 2.25. The van der Waals surface area contributed by atoms with E-state index in [-0.39, 0.29) is 45.0 Å². The summed E-state index contributed by atoms with van der Waals surface area (Å²) in [5.41, 5.74) is 1.06. The number of aliphatic hydroxyl groups is 1. The van der Waals surface area contributed by atoms with Crippen molar-refractivity contribution in [2.24, 2.45) is 0 Å². The van der Waals surface area contributed by atoms with Gasteiger partial charge >= 0.3 is 18.1 Å². The lowest BCUT2D eigenvalue weighted by Gasteiger charge is -2.31. The standard InChI is InChI=1S/C56H88O15/c1-6-33-60-39-24-42-63-36-18-12-9-15-21-45-68-56(69-46-22-16-10-13-19-37-64-43-25-40-61-34-7-2,70-47-23-17-11-14-20-38-65-44-26-41-62-35-8-3)71-53-30-27-51(28-31-53)29-32-54(58)66-48-52(57)49-67-55(59)50(4)5/h6-8,15-17,21-23,27-28,30-31,52,57H,1-4,9-14,18-20,24-26,29,32-49H2,5H3/b21-15-,22-16-,23-17-. The normalized spacial score (nSPS) is 12.2. The van der Waals surface area contributed by atoms with E-state index in [1.807, 2.05) is 30.4 Å². The summed E-state index contributed by atoms with van der Waals surface area (Å²) in [6.45, 7) is 23.5. The SMILES string of the molecule is C=CCOCCCOCCCC/C=C\COC(OC/C=C\CCCCOCCCOCC=C)(OC/C=C\CCCCOCCCOCC=C)Oc1ccc(CCC(=O)OCC(O)COC(=O)C(=C)C)cc1. The summed E-state index contributed by atoms with van der Waals surface area (Å²) in [7, 11) is 0. The molecule has 1 rings (SSSR count). The van der Waals surface area contributed by atoms with Crippen LogP contribution in [-0.4, -0.2) is 142 Å². The fourth-order valence-corrected chi connectivity index (χ4v) is 5.94. The molecule has 71 heavy (non-hydrogen) atoms. The zero-order valence-electron chi connectivity index (χ0n) is 43.0. The minimum atomic E-state index is -1.90. The number of aryl methyl sites for hydroxylation is 1. The summed E-state index contributed by atoms with van der Waals surface area (Å²) in [6.07, 6.45) is 25.4. The van der Waals surface area contributed by atoms with Crippen molar-refractivity contribution in [2.45, 2.75) is 109 Å². The maximum atomic E-state index is 12.5. The number of esters is 2. The van der Waals surface area contributed by atoms with Gasteiger partial charge in [0.2, 0.25) is 0 Å². The third-order valence-electron chi connectivity index (χ3n) is 9.71. The van der Waals surface area contributed by atoms with E-state index in [9.17, 15) is 14.7 Å². The van der Waals surface area contributed by atoms with Gasteiger partial charge in [0.05, 0.1) is 39.6 Å². The molecule has 0 saturated heterocycles. The smallest absolute Gasteiger partial charge is 0.461 e. The molecular weight excluding hydrogens is 913 g/mol. The molecule has 0 spiro atoms. The molecular formula is C56H88O15. The molecule has 15 nitrogen and oxygen atoms in total. The van der Waals surface area contributed by atoms with Crippen LogP contribution in [0.3, 0.4) is 0 Å².